The normalized spacial score (nSPS) is 10.1. The zero-order valence-electron chi connectivity index (χ0n) is 9.56. The number of hydrogen-bond donors (Lipinski definition) is 2. The molecule has 16 heavy (non-hydrogen) atoms. The standard InChI is InChI=1S/C11H17N3O2/c1-14(5-6-16-2)8-3-4-10(12)9(7-8)11(13)15/h3-4,7H,5-6,12H2,1-2H3,(H2,13,15). The lowest BCUT2D eigenvalue weighted by Gasteiger charge is -2.19. The fourth-order valence-electron chi connectivity index (χ4n) is 1.35. The third-order valence-electron chi connectivity index (χ3n) is 2.37. The van der Waals surface area contributed by atoms with Gasteiger partial charge in [-0.3, -0.25) is 4.79 Å². The maximum atomic E-state index is 11.1. The Hall–Kier alpha value is -1.75. The van der Waals surface area contributed by atoms with E-state index < -0.39 is 5.91 Å². The van der Waals surface area contributed by atoms with E-state index in [4.69, 9.17) is 16.2 Å². The molecule has 88 valence electrons. The Labute approximate surface area is 95.0 Å². The van der Waals surface area contributed by atoms with Crippen molar-refractivity contribution in [3.63, 3.8) is 0 Å². The third-order valence-corrected chi connectivity index (χ3v) is 2.37. The summed E-state index contributed by atoms with van der Waals surface area (Å²) in [7, 11) is 3.56. The molecule has 0 fully saturated rings. The molecular formula is C11H17N3O2. The minimum Gasteiger partial charge on any atom is -0.398 e. The number of ether oxygens (including phenoxy) is 1. The van der Waals surface area contributed by atoms with E-state index in [1.54, 1.807) is 19.2 Å². The van der Waals surface area contributed by atoms with Crippen LogP contribution in [-0.2, 0) is 4.74 Å². The van der Waals surface area contributed by atoms with E-state index in [1.807, 2.05) is 18.0 Å². The second-order valence-corrected chi connectivity index (χ2v) is 3.55. The molecule has 0 atom stereocenters. The van der Waals surface area contributed by atoms with Crippen molar-refractivity contribution in [1.82, 2.24) is 0 Å². The number of primary amides is 1. The highest BCUT2D eigenvalue weighted by molar-refractivity contribution is 5.99. The first kappa shape index (κ1) is 12.3. The largest absolute Gasteiger partial charge is 0.398 e. The number of methoxy groups -OCH3 is 1. The number of carbonyl (C=O) groups is 1. The van der Waals surface area contributed by atoms with Crippen LogP contribution >= 0.6 is 0 Å². The average Bonchev–Trinajstić information content (AvgIpc) is 2.26. The highest BCUT2D eigenvalue weighted by Crippen LogP contribution is 2.19. The fraction of sp³-hybridized carbons (Fsp3) is 0.364. The smallest absolute Gasteiger partial charge is 0.250 e. The van der Waals surface area contributed by atoms with E-state index in [1.165, 1.54) is 0 Å². The number of rotatable bonds is 5. The minimum atomic E-state index is -0.514. The van der Waals surface area contributed by atoms with E-state index in [9.17, 15) is 4.79 Å². The topological polar surface area (TPSA) is 81.6 Å². The molecule has 0 radical (unpaired) electrons. The van der Waals surface area contributed by atoms with Gasteiger partial charge in [-0.1, -0.05) is 0 Å². The Morgan fingerprint density at radius 3 is 2.75 bits per heavy atom. The summed E-state index contributed by atoms with van der Waals surface area (Å²) in [6.07, 6.45) is 0. The maximum absolute atomic E-state index is 11.1. The summed E-state index contributed by atoms with van der Waals surface area (Å²) in [5.74, 6) is -0.514. The van der Waals surface area contributed by atoms with Gasteiger partial charge in [-0.15, -0.1) is 0 Å². The molecule has 0 unspecified atom stereocenters. The maximum Gasteiger partial charge on any atom is 0.250 e. The molecule has 0 aromatic heterocycles. The first-order valence-corrected chi connectivity index (χ1v) is 4.95. The lowest BCUT2D eigenvalue weighted by Crippen LogP contribution is -2.23. The number of amides is 1. The van der Waals surface area contributed by atoms with Crippen molar-refractivity contribution in [2.75, 3.05) is 37.9 Å². The van der Waals surface area contributed by atoms with Gasteiger partial charge in [-0.2, -0.15) is 0 Å². The van der Waals surface area contributed by atoms with Crippen LogP contribution in [0.2, 0.25) is 0 Å². The lowest BCUT2D eigenvalue weighted by molar-refractivity contribution is 0.100. The Kier molecular flexibility index (Phi) is 4.13. The van der Waals surface area contributed by atoms with Gasteiger partial charge >= 0.3 is 0 Å². The molecule has 0 saturated heterocycles. The summed E-state index contributed by atoms with van der Waals surface area (Å²) in [4.78, 5) is 13.1. The lowest BCUT2D eigenvalue weighted by atomic mass is 10.1. The molecule has 4 N–H and O–H groups in total. The first-order valence-electron chi connectivity index (χ1n) is 4.95. The molecule has 1 rings (SSSR count). The van der Waals surface area contributed by atoms with Gasteiger partial charge < -0.3 is 21.1 Å². The van der Waals surface area contributed by atoms with Crippen molar-refractivity contribution in [2.24, 2.45) is 5.73 Å². The number of carbonyl (C=O) groups excluding carboxylic acids is 1. The van der Waals surface area contributed by atoms with Crippen molar-refractivity contribution in [3.8, 4) is 0 Å². The molecule has 5 nitrogen and oxygen atoms in total. The van der Waals surface area contributed by atoms with Gasteiger partial charge in [0, 0.05) is 32.1 Å². The van der Waals surface area contributed by atoms with Crippen LogP contribution in [0.15, 0.2) is 18.2 Å². The van der Waals surface area contributed by atoms with E-state index >= 15 is 0 Å². The first-order chi connectivity index (χ1) is 7.56. The Morgan fingerprint density at radius 1 is 1.50 bits per heavy atom. The van der Waals surface area contributed by atoms with Gasteiger partial charge in [0.05, 0.1) is 12.2 Å². The fourth-order valence-corrected chi connectivity index (χ4v) is 1.35. The number of hydrogen-bond acceptors (Lipinski definition) is 4. The monoisotopic (exact) mass is 223 g/mol. The predicted octanol–water partition coefficient (Wildman–Crippen LogP) is 0.450. The minimum absolute atomic E-state index is 0.349. The van der Waals surface area contributed by atoms with Gasteiger partial charge in [-0.05, 0) is 18.2 Å². The van der Waals surface area contributed by atoms with Crippen molar-refractivity contribution in [2.45, 2.75) is 0 Å². The summed E-state index contributed by atoms with van der Waals surface area (Å²) in [6, 6.07) is 5.21. The Bertz CT molecular complexity index is 379. The SMILES string of the molecule is COCCN(C)c1ccc(N)c(C(N)=O)c1. The molecule has 0 aliphatic heterocycles. The average molecular weight is 223 g/mol. The Balaban J connectivity index is 2.89. The van der Waals surface area contributed by atoms with Gasteiger partial charge in [0.2, 0.25) is 0 Å². The van der Waals surface area contributed by atoms with Crippen molar-refractivity contribution < 1.29 is 9.53 Å². The predicted molar refractivity (Wildman–Crippen MR) is 64.5 cm³/mol. The quantitative estimate of drug-likeness (QED) is 0.710. The van der Waals surface area contributed by atoms with Crippen molar-refractivity contribution >= 4 is 17.3 Å². The number of nitrogens with zero attached hydrogens (tertiary/aromatic N) is 1. The number of nitrogens with two attached hydrogens (primary N) is 2. The highest BCUT2D eigenvalue weighted by Gasteiger charge is 2.08. The zero-order valence-corrected chi connectivity index (χ0v) is 9.56. The number of likely N-dealkylation sites (N-methyl/N-ethyl adjacent to an activating group) is 1. The number of benzene rings is 1. The number of nitrogen functional groups attached to an aromatic ring is 1. The molecule has 0 saturated carbocycles. The van der Waals surface area contributed by atoms with Crippen LogP contribution in [0.4, 0.5) is 11.4 Å². The van der Waals surface area contributed by atoms with E-state index in [0.717, 1.165) is 12.2 Å². The van der Waals surface area contributed by atoms with Crippen LogP contribution in [0.25, 0.3) is 0 Å². The molecular weight excluding hydrogens is 206 g/mol. The molecule has 0 spiro atoms. The molecule has 1 aromatic carbocycles. The van der Waals surface area contributed by atoms with Crippen molar-refractivity contribution in [3.05, 3.63) is 23.8 Å². The summed E-state index contributed by atoms with van der Waals surface area (Å²) in [5, 5.41) is 0. The van der Waals surface area contributed by atoms with E-state index in [-0.39, 0.29) is 0 Å². The molecule has 5 heteroatoms. The second kappa shape index (κ2) is 5.37. The molecule has 0 aliphatic rings. The van der Waals surface area contributed by atoms with Crippen molar-refractivity contribution in [1.29, 1.82) is 0 Å². The second-order valence-electron chi connectivity index (χ2n) is 3.55. The van der Waals surface area contributed by atoms with E-state index in [0.29, 0.717) is 17.9 Å². The van der Waals surface area contributed by atoms with Crippen LogP contribution in [0.5, 0.6) is 0 Å². The van der Waals surface area contributed by atoms with E-state index in [2.05, 4.69) is 0 Å². The summed E-state index contributed by atoms with van der Waals surface area (Å²) in [5.41, 5.74) is 12.5. The van der Waals surface area contributed by atoms with Crippen LogP contribution in [0, 0.1) is 0 Å². The molecule has 0 aliphatic carbocycles. The third kappa shape index (κ3) is 2.87. The number of anilines is 2. The zero-order chi connectivity index (χ0) is 12.1. The summed E-state index contributed by atoms with van der Waals surface area (Å²) < 4.78 is 4.98. The van der Waals surface area contributed by atoms with Gasteiger partial charge in [-0.25, -0.2) is 0 Å². The van der Waals surface area contributed by atoms with Crippen LogP contribution in [0.3, 0.4) is 0 Å². The molecule has 0 heterocycles. The molecule has 0 bridgehead atoms. The Morgan fingerprint density at radius 2 is 2.19 bits per heavy atom. The van der Waals surface area contributed by atoms with Crippen LogP contribution in [-0.4, -0.2) is 33.2 Å². The van der Waals surface area contributed by atoms with Gasteiger partial charge in [0.1, 0.15) is 0 Å². The molecule has 1 amide bonds. The van der Waals surface area contributed by atoms with Crippen LogP contribution < -0.4 is 16.4 Å². The highest BCUT2D eigenvalue weighted by atomic mass is 16.5. The van der Waals surface area contributed by atoms with Gasteiger partial charge in [0.15, 0.2) is 0 Å². The van der Waals surface area contributed by atoms with Gasteiger partial charge in [0.25, 0.3) is 5.91 Å². The summed E-state index contributed by atoms with van der Waals surface area (Å²) >= 11 is 0. The van der Waals surface area contributed by atoms with Crippen LogP contribution in [0.1, 0.15) is 10.4 Å². The summed E-state index contributed by atoms with van der Waals surface area (Å²) in [6.45, 7) is 1.35. The molecule has 1 aromatic rings.